The van der Waals surface area contributed by atoms with Crippen LogP contribution in [0.2, 0.25) is 5.02 Å². The molecule has 1 atom stereocenters. The number of fused-ring (bicyclic) bond motifs is 1. The van der Waals surface area contributed by atoms with Gasteiger partial charge in [-0.25, -0.2) is 0 Å². The number of aryl methyl sites for hydroxylation is 1. The fraction of sp³-hybridized carbons (Fsp3) is 0.250. The summed E-state index contributed by atoms with van der Waals surface area (Å²) < 4.78 is 2.27. The van der Waals surface area contributed by atoms with Crippen molar-refractivity contribution >= 4 is 49.1 Å². The predicted octanol–water partition coefficient (Wildman–Crippen LogP) is 6.27. The molecule has 0 radical (unpaired) electrons. The summed E-state index contributed by atoms with van der Waals surface area (Å²) in [6.07, 6.45) is 2.21. The summed E-state index contributed by atoms with van der Waals surface area (Å²) in [6.45, 7) is 2.01. The van der Waals surface area contributed by atoms with E-state index in [0.717, 1.165) is 33.6 Å². The highest BCUT2D eigenvalue weighted by atomic mass is 79.9. The van der Waals surface area contributed by atoms with Crippen LogP contribution < -0.4 is 5.32 Å². The molecule has 0 saturated heterocycles. The lowest BCUT2D eigenvalue weighted by Crippen LogP contribution is -2.07. The Morgan fingerprint density at radius 3 is 2.80 bits per heavy atom. The maximum Gasteiger partial charge on any atom is 0.0520 e. The lowest BCUT2D eigenvalue weighted by molar-refractivity contribution is 0.761. The lowest BCUT2D eigenvalue weighted by Gasteiger charge is -2.18. The van der Waals surface area contributed by atoms with Gasteiger partial charge in [0.05, 0.1) is 11.7 Å². The Balaban J connectivity index is 1.91. The van der Waals surface area contributed by atoms with Crippen LogP contribution in [0.1, 0.15) is 29.2 Å². The minimum absolute atomic E-state index is 0.345. The zero-order valence-corrected chi connectivity index (χ0v) is 14.9. The molecule has 2 aromatic carbocycles. The lowest BCUT2D eigenvalue weighted by atomic mass is 10.1. The van der Waals surface area contributed by atoms with E-state index in [4.69, 9.17) is 11.6 Å². The van der Waals surface area contributed by atoms with E-state index < -0.39 is 0 Å². The zero-order chi connectivity index (χ0) is 14.3. The van der Waals surface area contributed by atoms with E-state index in [-0.39, 0.29) is 0 Å². The van der Waals surface area contributed by atoms with Gasteiger partial charge in [-0.2, -0.15) is 0 Å². The third kappa shape index (κ3) is 2.63. The molecule has 1 unspecified atom stereocenters. The molecule has 3 rings (SSSR count). The van der Waals surface area contributed by atoms with E-state index in [1.807, 2.05) is 13.0 Å². The van der Waals surface area contributed by atoms with Gasteiger partial charge in [-0.15, -0.1) is 0 Å². The second kappa shape index (κ2) is 5.70. The second-order valence-electron chi connectivity index (χ2n) is 5.12. The third-order valence-corrected chi connectivity index (χ3v) is 5.60. The Labute approximate surface area is 141 Å². The normalized spacial score (nSPS) is 17.1. The monoisotopic (exact) mass is 413 g/mol. The van der Waals surface area contributed by atoms with Gasteiger partial charge in [-0.3, -0.25) is 0 Å². The largest absolute Gasteiger partial charge is 0.377 e. The van der Waals surface area contributed by atoms with E-state index >= 15 is 0 Å². The zero-order valence-electron chi connectivity index (χ0n) is 11.0. The first kappa shape index (κ1) is 14.4. The highest BCUT2D eigenvalue weighted by Crippen LogP contribution is 2.39. The Morgan fingerprint density at radius 2 is 2.00 bits per heavy atom. The van der Waals surface area contributed by atoms with Gasteiger partial charge in [-0.1, -0.05) is 39.7 Å². The van der Waals surface area contributed by atoms with E-state index in [1.165, 1.54) is 15.6 Å². The molecule has 0 fully saturated rings. The van der Waals surface area contributed by atoms with Crippen molar-refractivity contribution in [3.63, 3.8) is 0 Å². The molecule has 2 aromatic rings. The average molecular weight is 416 g/mol. The summed E-state index contributed by atoms with van der Waals surface area (Å²) in [4.78, 5) is 0. The minimum atomic E-state index is 0.345. The molecule has 0 bridgehead atoms. The maximum absolute atomic E-state index is 6.23. The summed E-state index contributed by atoms with van der Waals surface area (Å²) >= 11 is 13.5. The molecule has 0 amide bonds. The number of hydrogen-bond acceptors (Lipinski definition) is 1. The van der Waals surface area contributed by atoms with Crippen molar-refractivity contribution < 1.29 is 0 Å². The maximum atomic E-state index is 6.23. The topological polar surface area (TPSA) is 12.0 Å². The summed E-state index contributed by atoms with van der Waals surface area (Å²) in [7, 11) is 0. The molecule has 0 aliphatic heterocycles. The molecule has 1 nitrogen and oxygen atoms in total. The number of benzene rings is 2. The van der Waals surface area contributed by atoms with Crippen LogP contribution in [-0.4, -0.2) is 0 Å². The molecular weight excluding hydrogens is 401 g/mol. The van der Waals surface area contributed by atoms with Gasteiger partial charge >= 0.3 is 0 Å². The SMILES string of the molecule is Cc1cc(Br)c(NC2CCc3c(Br)cccc32)cc1Cl. The smallest absolute Gasteiger partial charge is 0.0520 e. The van der Waals surface area contributed by atoms with Gasteiger partial charge in [-0.05, 0) is 70.6 Å². The number of anilines is 1. The molecule has 1 N–H and O–H groups in total. The molecule has 0 spiro atoms. The molecule has 0 aromatic heterocycles. The summed E-state index contributed by atoms with van der Waals surface area (Å²) in [6, 6.07) is 10.8. The van der Waals surface area contributed by atoms with E-state index in [1.54, 1.807) is 0 Å². The molecule has 0 saturated carbocycles. The molecule has 4 heteroatoms. The Hall–Kier alpha value is -0.510. The minimum Gasteiger partial charge on any atom is -0.377 e. The highest BCUT2D eigenvalue weighted by Gasteiger charge is 2.24. The van der Waals surface area contributed by atoms with E-state index in [9.17, 15) is 0 Å². The Kier molecular flexibility index (Phi) is 4.11. The van der Waals surface area contributed by atoms with Crippen LogP contribution in [-0.2, 0) is 6.42 Å². The van der Waals surface area contributed by atoms with Crippen LogP contribution in [0.4, 0.5) is 5.69 Å². The standard InChI is InChI=1S/C16H14Br2ClN/c1-9-7-13(18)16(8-14(9)19)20-15-6-5-10-11(15)3-2-4-12(10)17/h2-4,7-8,15,20H,5-6H2,1H3. The first-order chi connectivity index (χ1) is 9.56. The fourth-order valence-corrected chi connectivity index (χ4v) is 4.02. The fourth-order valence-electron chi connectivity index (χ4n) is 2.70. The second-order valence-corrected chi connectivity index (χ2v) is 7.24. The Morgan fingerprint density at radius 1 is 1.20 bits per heavy atom. The van der Waals surface area contributed by atoms with Gasteiger partial charge in [0.25, 0.3) is 0 Å². The predicted molar refractivity (Wildman–Crippen MR) is 92.7 cm³/mol. The highest BCUT2D eigenvalue weighted by molar-refractivity contribution is 9.10. The van der Waals surface area contributed by atoms with Crippen LogP contribution in [0.25, 0.3) is 0 Å². The van der Waals surface area contributed by atoms with Crippen molar-refractivity contribution in [2.24, 2.45) is 0 Å². The van der Waals surface area contributed by atoms with Gasteiger partial charge < -0.3 is 5.32 Å². The van der Waals surface area contributed by atoms with Crippen molar-refractivity contribution in [2.75, 3.05) is 5.32 Å². The van der Waals surface area contributed by atoms with Gasteiger partial charge in [0.2, 0.25) is 0 Å². The molecule has 0 heterocycles. The van der Waals surface area contributed by atoms with Crippen LogP contribution in [0.5, 0.6) is 0 Å². The molecule has 1 aliphatic rings. The average Bonchev–Trinajstić information content (AvgIpc) is 2.81. The first-order valence-corrected chi connectivity index (χ1v) is 8.52. The van der Waals surface area contributed by atoms with Crippen LogP contribution in [0, 0.1) is 6.92 Å². The van der Waals surface area contributed by atoms with Crippen LogP contribution >= 0.6 is 43.5 Å². The number of halogens is 3. The van der Waals surface area contributed by atoms with Crippen molar-refractivity contribution in [3.05, 3.63) is 61.0 Å². The summed E-state index contributed by atoms with van der Waals surface area (Å²) in [5.41, 5.74) is 4.93. The first-order valence-electron chi connectivity index (χ1n) is 6.55. The molecule has 104 valence electrons. The van der Waals surface area contributed by atoms with E-state index in [0.29, 0.717) is 6.04 Å². The van der Waals surface area contributed by atoms with Crippen LogP contribution in [0.15, 0.2) is 39.3 Å². The third-order valence-electron chi connectivity index (χ3n) is 3.79. The van der Waals surface area contributed by atoms with Crippen LogP contribution in [0.3, 0.4) is 0 Å². The van der Waals surface area contributed by atoms with Crippen molar-refractivity contribution in [3.8, 4) is 0 Å². The summed E-state index contributed by atoms with van der Waals surface area (Å²) in [5, 5.41) is 4.40. The summed E-state index contributed by atoms with van der Waals surface area (Å²) in [5.74, 6) is 0. The number of rotatable bonds is 2. The number of hydrogen-bond donors (Lipinski definition) is 1. The number of nitrogens with one attached hydrogen (secondary N) is 1. The molecule has 20 heavy (non-hydrogen) atoms. The van der Waals surface area contributed by atoms with Crippen molar-refractivity contribution in [1.29, 1.82) is 0 Å². The van der Waals surface area contributed by atoms with Gasteiger partial charge in [0, 0.05) is 14.0 Å². The van der Waals surface area contributed by atoms with Crippen molar-refractivity contribution in [1.82, 2.24) is 0 Å². The molecule has 1 aliphatic carbocycles. The van der Waals surface area contributed by atoms with Crippen molar-refractivity contribution in [2.45, 2.75) is 25.8 Å². The van der Waals surface area contributed by atoms with Gasteiger partial charge in [0.1, 0.15) is 0 Å². The van der Waals surface area contributed by atoms with Gasteiger partial charge in [0.15, 0.2) is 0 Å². The quantitative estimate of drug-likeness (QED) is 0.609. The Bertz CT molecular complexity index is 670. The van der Waals surface area contributed by atoms with E-state index in [2.05, 4.69) is 61.4 Å². The molecular formula is C16H14Br2ClN.